The number of hydrogen-bond acceptors (Lipinski definition) is 5. The van der Waals surface area contributed by atoms with Gasteiger partial charge in [-0.1, -0.05) is 0 Å². The number of pyridine rings is 1. The van der Waals surface area contributed by atoms with Crippen LogP contribution in [0.15, 0.2) is 10.7 Å². The van der Waals surface area contributed by atoms with Crippen molar-refractivity contribution in [3.8, 4) is 5.75 Å². The van der Waals surface area contributed by atoms with Crippen molar-refractivity contribution in [3.63, 3.8) is 0 Å². The monoisotopic (exact) mass is 413 g/mol. The molecule has 0 saturated carbocycles. The summed E-state index contributed by atoms with van der Waals surface area (Å²) in [5.74, 6) is -0.0162. The van der Waals surface area contributed by atoms with Crippen LogP contribution in [0.2, 0.25) is 0 Å². The fraction of sp³-hybridized carbons (Fsp3) is 0.400. The van der Waals surface area contributed by atoms with Gasteiger partial charge in [-0.15, -0.1) is 0 Å². The van der Waals surface area contributed by atoms with Crippen LogP contribution in [0.4, 0.5) is 0 Å². The Hall–Kier alpha value is -0.410. The third-order valence-electron chi connectivity index (χ3n) is 2.72. The molecule has 0 saturated heterocycles. The molecule has 5 nitrogen and oxygen atoms in total. The Morgan fingerprint density at radius 1 is 1.82 bits per heavy atom. The van der Waals surface area contributed by atoms with E-state index in [2.05, 4.69) is 20.9 Å². The number of fused-ring (bicyclic) bond motifs is 1. The molecule has 0 amide bonds. The number of esters is 1. The van der Waals surface area contributed by atoms with Gasteiger partial charge in [-0.25, -0.2) is 4.98 Å². The number of aliphatic hydroxyl groups is 1. The minimum Gasteiger partial charge on any atom is -0.489 e. The van der Waals surface area contributed by atoms with Crippen LogP contribution in [-0.2, 0) is 14.9 Å². The highest BCUT2D eigenvalue weighted by molar-refractivity contribution is 14.1. The predicted octanol–water partition coefficient (Wildman–Crippen LogP) is 1.24. The number of nitrogens with zero attached hydrogens (tertiary/aromatic N) is 1. The zero-order valence-corrected chi connectivity index (χ0v) is 12.6. The summed E-state index contributed by atoms with van der Waals surface area (Å²) >= 11 is 5.31. The van der Waals surface area contributed by atoms with Crippen molar-refractivity contribution in [1.82, 2.24) is 4.98 Å². The Bertz CT molecular complexity index is 482. The molecule has 1 aromatic rings. The van der Waals surface area contributed by atoms with E-state index in [0.29, 0.717) is 19.6 Å². The summed E-state index contributed by atoms with van der Waals surface area (Å²) < 4.78 is 11.4. The third-order valence-corrected chi connectivity index (χ3v) is 3.81. The number of methoxy groups -OCH3 is 1. The van der Waals surface area contributed by atoms with E-state index in [-0.39, 0.29) is 13.2 Å². The molecule has 0 aliphatic carbocycles. The van der Waals surface area contributed by atoms with Crippen LogP contribution in [0.25, 0.3) is 0 Å². The summed E-state index contributed by atoms with van der Waals surface area (Å²) in [6.07, 6.45) is 0. The molecule has 1 unspecified atom stereocenters. The van der Waals surface area contributed by atoms with E-state index < -0.39 is 11.4 Å². The maximum atomic E-state index is 11.9. The van der Waals surface area contributed by atoms with Crippen molar-refractivity contribution in [2.75, 3.05) is 20.3 Å². The first-order valence-corrected chi connectivity index (χ1v) is 6.61. The number of carbonyl (C=O) groups is 1. The molecule has 1 N–H and O–H groups in total. The molecule has 0 fully saturated rings. The highest BCUT2D eigenvalue weighted by atomic mass is 127. The molecule has 1 aliphatic rings. The van der Waals surface area contributed by atoms with E-state index in [9.17, 15) is 9.90 Å². The number of aliphatic hydroxyl groups excluding tert-OH is 1. The fourth-order valence-electron chi connectivity index (χ4n) is 1.80. The summed E-state index contributed by atoms with van der Waals surface area (Å²) in [6, 6.07) is 1.72. The van der Waals surface area contributed by atoms with Crippen molar-refractivity contribution >= 4 is 44.5 Å². The van der Waals surface area contributed by atoms with Crippen LogP contribution in [-0.4, -0.2) is 36.4 Å². The van der Waals surface area contributed by atoms with Crippen LogP contribution in [0.3, 0.4) is 0 Å². The van der Waals surface area contributed by atoms with Crippen LogP contribution in [0, 0.1) is 3.70 Å². The number of halogens is 2. The standard InChI is InChI=1S/C10H9BrINO4/c1-16-9(15)10(3-14)4-17-7-5(10)2-6(12)13-8(7)11/h2,14H,3-4H2,1H3. The van der Waals surface area contributed by atoms with Crippen molar-refractivity contribution in [2.24, 2.45) is 0 Å². The molecule has 0 radical (unpaired) electrons. The molecule has 1 atom stereocenters. The molecule has 0 aromatic carbocycles. The van der Waals surface area contributed by atoms with Gasteiger partial charge in [0.1, 0.15) is 14.9 Å². The van der Waals surface area contributed by atoms with Gasteiger partial charge >= 0.3 is 5.97 Å². The first-order chi connectivity index (χ1) is 8.05. The maximum Gasteiger partial charge on any atom is 0.322 e. The minimum atomic E-state index is -1.14. The van der Waals surface area contributed by atoms with Gasteiger partial charge in [-0.2, -0.15) is 0 Å². The second kappa shape index (κ2) is 4.69. The second-order valence-corrected chi connectivity index (χ2v) is 5.49. The number of hydrogen-bond donors (Lipinski definition) is 1. The van der Waals surface area contributed by atoms with E-state index in [1.807, 2.05) is 22.6 Å². The first kappa shape index (κ1) is 13.0. The number of aromatic nitrogens is 1. The summed E-state index contributed by atoms with van der Waals surface area (Å²) in [7, 11) is 1.29. The lowest BCUT2D eigenvalue weighted by Gasteiger charge is -2.21. The van der Waals surface area contributed by atoms with E-state index in [1.54, 1.807) is 6.07 Å². The topological polar surface area (TPSA) is 68.7 Å². The second-order valence-electron chi connectivity index (χ2n) is 3.63. The third kappa shape index (κ3) is 1.93. The van der Waals surface area contributed by atoms with Gasteiger partial charge < -0.3 is 14.6 Å². The minimum absolute atomic E-state index is 0.0614. The van der Waals surface area contributed by atoms with E-state index in [1.165, 1.54) is 7.11 Å². The maximum absolute atomic E-state index is 11.9. The highest BCUT2D eigenvalue weighted by Gasteiger charge is 2.49. The quantitative estimate of drug-likeness (QED) is 0.449. The molecule has 7 heteroatoms. The summed E-state index contributed by atoms with van der Waals surface area (Å²) in [5, 5.41) is 9.53. The summed E-state index contributed by atoms with van der Waals surface area (Å²) in [6.45, 7) is -0.301. The SMILES string of the molecule is COC(=O)C1(CO)COc2c1cc(I)nc2Br. The largest absolute Gasteiger partial charge is 0.489 e. The van der Waals surface area contributed by atoms with Gasteiger partial charge in [0.15, 0.2) is 11.2 Å². The van der Waals surface area contributed by atoms with Crippen molar-refractivity contribution < 1.29 is 19.4 Å². The van der Waals surface area contributed by atoms with Gasteiger partial charge in [0.25, 0.3) is 0 Å². The lowest BCUT2D eigenvalue weighted by atomic mass is 9.84. The van der Waals surface area contributed by atoms with Crippen molar-refractivity contribution in [3.05, 3.63) is 19.9 Å². The smallest absolute Gasteiger partial charge is 0.322 e. The molecule has 2 rings (SSSR count). The summed E-state index contributed by atoms with van der Waals surface area (Å²) in [4.78, 5) is 16.0. The normalized spacial score (nSPS) is 21.9. The van der Waals surface area contributed by atoms with Gasteiger partial charge in [-0.3, -0.25) is 4.79 Å². The molecular weight excluding hydrogens is 405 g/mol. The van der Waals surface area contributed by atoms with E-state index in [4.69, 9.17) is 9.47 Å². The van der Waals surface area contributed by atoms with Crippen LogP contribution < -0.4 is 4.74 Å². The number of ether oxygens (including phenoxy) is 2. The Balaban J connectivity index is 2.61. The fourth-order valence-corrected chi connectivity index (χ4v) is 3.20. The molecule has 0 spiro atoms. The van der Waals surface area contributed by atoms with E-state index in [0.717, 1.165) is 0 Å². The van der Waals surface area contributed by atoms with Gasteiger partial charge in [0, 0.05) is 5.56 Å². The Labute approximate surface area is 120 Å². The zero-order valence-electron chi connectivity index (χ0n) is 8.87. The average molecular weight is 414 g/mol. The predicted molar refractivity (Wildman–Crippen MR) is 70.9 cm³/mol. The van der Waals surface area contributed by atoms with Crippen LogP contribution in [0.5, 0.6) is 5.75 Å². The molecule has 92 valence electrons. The lowest BCUT2D eigenvalue weighted by molar-refractivity contribution is -0.149. The van der Waals surface area contributed by atoms with Gasteiger partial charge in [-0.05, 0) is 44.6 Å². The Morgan fingerprint density at radius 3 is 3.12 bits per heavy atom. The van der Waals surface area contributed by atoms with E-state index >= 15 is 0 Å². The zero-order chi connectivity index (χ0) is 12.6. The number of rotatable bonds is 2. The van der Waals surface area contributed by atoms with Crippen molar-refractivity contribution in [2.45, 2.75) is 5.41 Å². The first-order valence-electron chi connectivity index (χ1n) is 4.74. The highest BCUT2D eigenvalue weighted by Crippen LogP contribution is 2.43. The molecule has 1 aromatic heterocycles. The van der Waals surface area contributed by atoms with Crippen LogP contribution in [0.1, 0.15) is 5.56 Å². The molecular formula is C10H9BrINO4. The number of carbonyl (C=O) groups excluding carboxylic acids is 1. The summed E-state index contributed by atoms with van der Waals surface area (Å²) in [5.41, 5.74) is -0.534. The van der Waals surface area contributed by atoms with Gasteiger partial charge in [0.05, 0.1) is 13.7 Å². The lowest BCUT2D eigenvalue weighted by Crippen LogP contribution is -2.42. The molecule has 0 bridgehead atoms. The van der Waals surface area contributed by atoms with Crippen LogP contribution >= 0.6 is 38.5 Å². The molecule has 1 aliphatic heterocycles. The Kier molecular flexibility index (Phi) is 3.60. The Morgan fingerprint density at radius 2 is 2.53 bits per heavy atom. The molecule has 2 heterocycles. The molecule has 17 heavy (non-hydrogen) atoms. The average Bonchev–Trinajstić information content (AvgIpc) is 2.68. The van der Waals surface area contributed by atoms with Crippen molar-refractivity contribution in [1.29, 1.82) is 0 Å². The van der Waals surface area contributed by atoms with Gasteiger partial charge in [0.2, 0.25) is 0 Å².